The maximum Gasteiger partial charge on any atom is 0.340 e. The van der Waals surface area contributed by atoms with Crippen LogP contribution in [-0.2, 0) is 15.1 Å². The van der Waals surface area contributed by atoms with Gasteiger partial charge in [-0.25, -0.2) is 13.6 Å². The molecule has 3 atom stereocenters. The monoisotopic (exact) mass is 626 g/mol. The number of H-pyrrole nitrogens is 1. The van der Waals surface area contributed by atoms with Gasteiger partial charge in [0.05, 0.1) is 28.6 Å². The topological polar surface area (TPSA) is 96.5 Å². The summed E-state index contributed by atoms with van der Waals surface area (Å²) in [6.45, 7) is 0.690. The highest BCUT2D eigenvalue weighted by atomic mass is 35.5. The molecule has 4 aromatic rings. The number of ether oxygens (including phenoxy) is 2. The number of hydrogen-bond donors (Lipinski definition) is 2. The molecule has 1 saturated carbocycles. The first kappa shape index (κ1) is 28.1. The van der Waals surface area contributed by atoms with Crippen LogP contribution in [0.5, 0.6) is 5.88 Å². The Balaban J connectivity index is 1.31. The van der Waals surface area contributed by atoms with Crippen molar-refractivity contribution in [2.75, 3.05) is 25.6 Å². The molecule has 12 heteroatoms. The van der Waals surface area contributed by atoms with Crippen molar-refractivity contribution in [2.24, 2.45) is 5.92 Å². The van der Waals surface area contributed by atoms with Gasteiger partial charge in [-0.3, -0.25) is 14.8 Å². The average Bonchev–Trinajstić information content (AvgIpc) is 3.55. The lowest BCUT2D eigenvalue weighted by Crippen LogP contribution is -2.53. The molecule has 0 unspecified atom stereocenters. The summed E-state index contributed by atoms with van der Waals surface area (Å²) >= 11 is 12.6. The Bertz CT molecular complexity index is 1800. The van der Waals surface area contributed by atoms with Crippen LogP contribution in [0, 0.1) is 17.6 Å². The minimum Gasteiger partial charge on any atom is -0.475 e. The highest BCUT2D eigenvalue weighted by Crippen LogP contribution is 2.58. The third-order valence-corrected chi connectivity index (χ3v) is 9.36. The highest BCUT2D eigenvalue weighted by molar-refractivity contribution is 6.31. The van der Waals surface area contributed by atoms with Gasteiger partial charge in [0.25, 0.3) is 0 Å². The Kier molecular flexibility index (Phi) is 6.83. The smallest absolute Gasteiger partial charge is 0.340 e. The molecule has 3 aromatic carbocycles. The standard InChI is InChI=1S/C31H26Cl2F2N4O4/c1-42-29(40)19-11-20-25(12-24(19)34)37-38-28(20)43-14-17-10-22(18-3-2-4-23(33)27(18)35)31(39(17)13-15-5-6-15)21-8-7-16(32)9-26(21)36-30(31)41/h2-4,7-9,11-12,15,17,22H,5-6,10,13-14H2,1H3,(H,36,41)(H,37,38)/t17-,22-,31-/m1/s1. The second-order valence-corrected chi connectivity index (χ2v) is 12.1. The van der Waals surface area contributed by atoms with Crippen molar-refractivity contribution in [3.8, 4) is 5.88 Å². The first-order valence-electron chi connectivity index (χ1n) is 13.9. The Morgan fingerprint density at radius 3 is 2.74 bits per heavy atom. The number of carbonyl (C=O) groups excluding carboxylic acids is 2. The summed E-state index contributed by atoms with van der Waals surface area (Å²) in [6.07, 6.45) is 2.43. The molecule has 2 fully saturated rings. The van der Waals surface area contributed by atoms with E-state index in [1.807, 2.05) is 6.07 Å². The fraction of sp³-hybridized carbons (Fsp3) is 0.323. The molecule has 1 amide bonds. The number of nitrogens with one attached hydrogen (secondary N) is 2. The summed E-state index contributed by atoms with van der Waals surface area (Å²) in [5.74, 6) is -2.45. The number of carbonyl (C=O) groups is 2. The van der Waals surface area contributed by atoms with Gasteiger partial charge < -0.3 is 14.8 Å². The predicted molar refractivity (Wildman–Crippen MR) is 157 cm³/mol. The van der Waals surface area contributed by atoms with Crippen molar-refractivity contribution in [3.05, 3.63) is 86.9 Å². The lowest BCUT2D eigenvalue weighted by molar-refractivity contribution is -0.128. The number of aromatic nitrogens is 2. The van der Waals surface area contributed by atoms with Crippen LogP contribution in [0.15, 0.2) is 48.5 Å². The molecule has 3 heterocycles. The molecule has 1 spiro atoms. The SMILES string of the molecule is COC(=O)c1cc2c(OC[C@H]3C[C@H](c4cccc(Cl)c4F)[C@]4(C(=O)Nc5cc(Cl)ccc54)N3CC3CC3)n[nH]c2cc1F. The fourth-order valence-electron chi connectivity index (χ4n) is 6.72. The second kappa shape index (κ2) is 10.5. The van der Waals surface area contributed by atoms with Crippen molar-refractivity contribution in [1.29, 1.82) is 0 Å². The number of likely N-dealkylation sites (tertiary alicyclic amines) is 1. The second-order valence-electron chi connectivity index (χ2n) is 11.3. The van der Waals surface area contributed by atoms with E-state index in [0.29, 0.717) is 46.1 Å². The summed E-state index contributed by atoms with van der Waals surface area (Å²) in [6, 6.07) is 12.3. The molecule has 0 radical (unpaired) electrons. The van der Waals surface area contributed by atoms with Gasteiger partial charge >= 0.3 is 5.97 Å². The number of nitrogens with zero attached hydrogens (tertiary/aromatic N) is 2. The van der Waals surface area contributed by atoms with E-state index in [0.717, 1.165) is 24.5 Å². The van der Waals surface area contributed by atoms with Gasteiger partial charge in [-0.1, -0.05) is 41.4 Å². The van der Waals surface area contributed by atoms with E-state index in [9.17, 15) is 14.0 Å². The molecule has 43 heavy (non-hydrogen) atoms. The van der Waals surface area contributed by atoms with E-state index in [2.05, 4.69) is 20.4 Å². The minimum atomic E-state index is -1.24. The third kappa shape index (κ3) is 4.46. The molecule has 8 nitrogen and oxygen atoms in total. The largest absolute Gasteiger partial charge is 0.475 e. The Labute approximate surface area is 255 Å². The Morgan fingerprint density at radius 2 is 1.98 bits per heavy atom. The van der Waals surface area contributed by atoms with Crippen LogP contribution in [-0.4, -0.2) is 53.3 Å². The van der Waals surface area contributed by atoms with Crippen LogP contribution in [0.2, 0.25) is 10.0 Å². The molecule has 3 aliphatic rings. The van der Waals surface area contributed by atoms with Crippen LogP contribution in [0.3, 0.4) is 0 Å². The summed E-state index contributed by atoms with van der Waals surface area (Å²) < 4.78 is 41.2. The first-order chi connectivity index (χ1) is 20.7. The van der Waals surface area contributed by atoms with E-state index >= 15 is 4.39 Å². The van der Waals surface area contributed by atoms with Crippen molar-refractivity contribution in [2.45, 2.75) is 36.8 Å². The molecule has 1 saturated heterocycles. The van der Waals surface area contributed by atoms with Crippen LogP contribution >= 0.6 is 23.2 Å². The Morgan fingerprint density at radius 1 is 1.16 bits per heavy atom. The molecule has 1 aliphatic carbocycles. The summed E-state index contributed by atoms with van der Waals surface area (Å²) in [7, 11) is 1.17. The van der Waals surface area contributed by atoms with Crippen LogP contribution < -0.4 is 10.1 Å². The number of rotatable bonds is 7. The van der Waals surface area contributed by atoms with E-state index in [4.69, 9.17) is 32.7 Å². The number of halogens is 4. The average molecular weight is 627 g/mol. The summed E-state index contributed by atoms with van der Waals surface area (Å²) in [5.41, 5.74) is 0.512. The van der Waals surface area contributed by atoms with Gasteiger partial charge in [-0.05, 0) is 55.0 Å². The van der Waals surface area contributed by atoms with E-state index < -0.39 is 29.1 Å². The van der Waals surface area contributed by atoms with Gasteiger partial charge in [0, 0.05) is 40.8 Å². The van der Waals surface area contributed by atoms with Gasteiger partial charge in [0.2, 0.25) is 11.8 Å². The zero-order valence-electron chi connectivity index (χ0n) is 22.9. The zero-order valence-corrected chi connectivity index (χ0v) is 24.4. The van der Waals surface area contributed by atoms with Crippen molar-refractivity contribution >= 4 is 51.7 Å². The zero-order chi connectivity index (χ0) is 30.0. The quantitative estimate of drug-likeness (QED) is 0.230. The third-order valence-electron chi connectivity index (χ3n) is 8.83. The summed E-state index contributed by atoms with van der Waals surface area (Å²) in [5, 5.41) is 10.8. The van der Waals surface area contributed by atoms with E-state index in [-0.39, 0.29) is 35.0 Å². The van der Waals surface area contributed by atoms with Gasteiger partial charge in [0.15, 0.2) is 0 Å². The van der Waals surface area contributed by atoms with Gasteiger partial charge in [-0.2, -0.15) is 0 Å². The van der Waals surface area contributed by atoms with Crippen LogP contribution in [0.4, 0.5) is 14.5 Å². The van der Waals surface area contributed by atoms with Crippen LogP contribution in [0.1, 0.15) is 46.7 Å². The lowest BCUT2D eigenvalue weighted by Gasteiger charge is -2.40. The lowest BCUT2D eigenvalue weighted by atomic mass is 9.75. The van der Waals surface area contributed by atoms with E-state index in [1.165, 1.54) is 19.2 Å². The van der Waals surface area contributed by atoms with Gasteiger partial charge in [-0.15, -0.1) is 5.10 Å². The van der Waals surface area contributed by atoms with E-state index in [1.54, 1.807) is 24.3 Å². The Hall–Kier alpha value is -3.73. The number of fused-ring (bicyclic) bond motifs is 3. The number of esters is 1. The summed E-state index contributed by atoms with van der Waals surface area (Å²) in [4.78, 5) is 28.4. The molecule has 7 rings (SSSR count). The fourth-order valence-corrected chi connectivity index (χ4v) is 7.07. The molecule has 2 N–H and O–H groups in total. The number of hydrogen-bond acceptors (Lipinski definition) is 6. The highest BCUT2D eigenvalue weighted by Gasteiger charge is 2.64. The number of anilines is 1. The maximum atomic E-state index is 15.7. The molecular formula is C31H26Cl2F2N4O4. The van der Waals surface area contributed by atoms with Gasteiger partial charge in [0.1, 0.15) is 23.8 Å². The predicted octanol–water partition coefficient (Wildman–Crippen LogP) is 6.43. The number of benzene rings is 3. The first-order valence-corrected chi connectivity index (χ1v) is 14.7. The molecule has 2 aliphatic heterocycles. The van der Waals surface area contributed by atoms with Crippen molar-refractivity contribution in [1.82, 2.24) is 15.1 Å². The minimum absolute atomic E-state index is 0.0209. The molecular weight excluding hydrogens is 601 g/mol. The van der Waals surface area contributed by atoms with Crippen molar-refractivity contribution in [3.63, 3.8) is 0 Å². The van der Waals surface area contributed by atoms with Crippen LogP contribution in [0.25, 0.3) is 10.9 Å². The molecule has 0 bridgehead atoms. The van der Waals surface area contributed by atoms with Crippen molar-refractivity contribution < 1.29 is 27.8 Å². The maximum absolute atomic E-state index is 15.7. The molecule has 1 aromatic heterocycles. The molecule has 222 valence electrons. The normalized spacial score (nSPS) is 23.1. The number of aromatic amines is 1. The number of amides is 1. The number of methoxy groups -OCH3 is 1.